The van der Waals surface area contributed by atoms with Gasteiger partial charge in [0.15, 0.2) is 0 Å². The smallest absolute Gasteiger partial charge is 0.302 e. The van der Waals surface area contributed by atoms with Crippen LogP contribution in [0.25, 0.3) is 0 Å². The molecule has 1 N–H and O–H groups in total. The molecule has 1 heterocycles. The molecule has 24 heavy (non-hydrogen) atoms. The number of hydrazone groups is 1. The second-order valence-corrected chi connectivity index (χ2v) is 8.67. The Morgan fingerprint density at radius 1 is 1.17 bits per heavy atom. The first-order chi connectivity index (χ1) is 10.9. The van der Waals surface area contributed by atoms with Crippen molar-refractivity contribution in [2.45, 2.75) is 76.9 Å². The van der Waals surface area contributed by atoms with Crippen molar-refractivity contribution in [3.05, 3.63) is 34.4 Å². The lowest BCUT2D eigenvalue weighted by Crippen LogP contribution is -2.22. The van der Waals surface area contributed by atoms with E-state index in [1.807, 2.05) is 0 Å². The Morgan fingerprint density at radius 3 is 2.38 bits per heavy atom. The zero-order valence-corrected chi connectivity index (χ0v) is 14.9. The largest absolute Gasteiger partial charge is 0.431 e. The maximum Gasteiger partial charge on any atom is 0.431 e. The number of rotatable bonds is 1. The van der Waals surface area contributed by atoms with E-state index in [-0.39, 0.29) is 23.3 Å². The van der Waals surface area contributed by atoms with Gasteiger partial charge in [0.1, 0.15) is 5.71 Å². The fourth-order valence-electron chi connectivity index (χ4n) is 3.69. The highest BCUT2D eigenvalue weighted by Crippen LogP contribution is 2.45. The number of hydrogen-bond donors (Lipinski definition) is 1. The van der Waals surface area contributed by atoms with Crippen LogP contribution in [0.2, 0.25) is 0 Å². The summed E-state index contributed by atoms with van der Waals surface area (Å²) in [6.45, 7) is 10.9. The molecule has 2 nitrogen and oxygen atoms in total. The summed E-state index contributed by atoms with van der Waals surface area (Å²) in [5, 5.41) is 3.56. The normalized spacial score (nSPS) is 23.0. The van der Waals surface area contributed by atoms with Crippen molar-refractivity contribution in [2.24, 2.45) is 5.10 Å². The molecule has 1 aromatic carbocycles. The minimum Gasteiger partial charge on any atom is -0.302 e. The maximum absolute atomic E-state index is 12.9. The topological polar surface area (TPSA) is 24.4 Å². The minimum atomic E-state index is -4.36. The highest BCUT2D eigenvalue weighted by Gasteiger charge is 2.42. The maximum atomic E-state index is 12.9. The van der Waals surface area contributed by atoms with Gasteiger partial charge in [-0.3, -0.25) is 0 Å². The fraction of sp³-hybridized carbons (Fsp3) is 0.632. The number of fused-ring (bicyclic) bond motifs is 1. The van der Waals surface area contributed by atoms with Crippen LogP contribution in [0, 0.1) is 0 Å². The van der Waals surface area contributed by atoms with E-state index >= 15 is 0 Å². The SMILES string of the molecule is CC(C)(C)c1cc(C2CC(C(F)(F)F)=NN2)c2c(c1)C(C)(C)CC2. The van der Waals surface area contributed by atoms with Gasteiger partial charge in [-0.15, -0.1) is 0 Å². The van der Waals surface area contributed by atoms with Crippen molar-refractivity contribution in [1.82, 2.24) is 5.43 Å². The monoisotopic (exact) mass is 338 g/mol. The summed E-state index contributed by atoms with van der Waals surface area (Å²) in [7, 11) is 0. The molecule has 1 aliphatic heterocycles. The van der Waals surface area contributed by atoms with Gasteiger partial charge in [-0.05, 0) is 45.9 Å². The van der Waals surface area contributed by atoms with Crippen LogP contribution in [0.15, 0.2) is 17.2 Å². The molecule has 2 aliphatic rings. The van der Waals surface area contributed by atoms with E-state index in [0.29, 0.717) is 0 Å². The molecule has 1 aliphatic carbocycles. The summed E-state index contributed by atoms with van der Waals surface area (Å²) in [4.78, 5) is 0. The van der Waals surface area contributed by atoms with Crippen molar-refractivity contribution in [1.29, 1.82) is 0 Å². The van der Waals surface area contributed by atoms with E-state index < -0.39 is 11.9 Å². The van der Waals surface area contributed by atoms with Crippen LogP contribution < -0.4 is 5.43 Å². The first-order valence-corrected chi connectivity index (χ1v) is 8.47. The van der Waals surface area contributed by atoms with E-state index in [9.17, 15) is 13.2 Å². The predicted molar refractivity (Wildman–Crippen MR) is 90.5 cm³/mol. The van der Waals surface area contributed by atoms with Crippen molar-refractivity contribution in [2.75, 3.05) is 0 Å². The van der Waals surface area contributed by atoms with Gasteiger partial charge in [0, 0.05) is 6.42 Å². The van der Waals surface area contributed by atoms with E-state index in [1.54, 1.807) is 0 Å². The molecular formula is C19H25F3N2. The van der Waals surface area contributed by atoms with Crippen LogP contribution >= 0.6 is 0 Å². The average molecular weight is 338 g/mol. The van der Waals surface area contributed by atoms with Gasteiger partial charge in [0.05, 0.1) is 6.04 Å². The lowest BCUT2D eigenvalue weighted by atomic mass is 9.78. The van der Waals surface area contributed by atoms with Gasteiger partial charge in [-0.25, -0.2) is 0 Å². The molecule has 0 bridgehead atoms. The molecule has 0 saturated heterocycles. The predicted octanol–water partition coefficient (Wildman–Crippen LogP) is 5.16. The minimum absolute atomic E-state index is 0.0469. The summed E-state index contributed by atoms with van der Waals surface area (Å²) in [5.41, 5.74) is 6.71. The summed E-state index contributed by atoms with van der Waals surface area (Å²) in [6, 6.07) is 3.96. The first kappa shape index (κ1) is 17.3. The van der Waals surface area contributed by atoms with Gasteiger partial charge in [0.25, 0.3) is 0 Å². The molecule has 0 amide bonds. The fourth-order valence-corrected chi connectivity index (χ4v) is 3.69. The zero-order chi connectivity index (χ0) is 17.9. The quantitative estimate of drug-likeness (QED) is 0.751. The summed E-state index contributed by atoms with van der Waals surface area (Å²) in [6.07, 6.45) is -2.50. The van der Waals surface area contributed by atoms with Gasteiger partial charge in [0.2, 0.25) is 0 Å². The Balaban J connectivity index is 2.05. The van der Waals surface area contributed by atoms with Crippen molar-refractivity contribution >= 4 is 5.71 Å². The number of alkyl halides is 3. The average Bonchev–Trinajstić information content (AvgIpc) is 3.02. The molecule has 1 unspecified atom stereocenters. The Kier molecular flexibility index (Phi) is 3.78. The number of benzene rings is 1. The molecule has 3 rings (SSSR count). The van der Waals surface area contributed by atoms with Crippen LogP contribution in [-0.2, 0) is 17.3 Å². The molecule has 0 aromatic heterocycles. The molecule has 0 spiro atoms. The van der Waals surface area contributed by atoms with Crippen LogP contribution in [0.5, 0.6) is 0 Å². The molecular weight excluding hydrogens is 313 g/mol. The van der Waals surface area contributed by atoms with E-state index in [1.165, 1.54) is 16.7 Å². The Hall–Kier alpha value is -1.52. The highest BCUT2D eigenvalue weighted by molar-refractivity contribution is 5.91. The van der Waals surface area contributed by atoms with E-state index in [0.717, 1.165) is 18.4 Å². The standard InChI is InChI=1S/C19H25F3N2/c1-17(2,3)11-8-13(12-6-7-18(4,5)14(12)9-11)15-10-16(24-23-15)19(20,21)22/h8-9,15,23H,6-7,10H2,1-5H3. The van der Waals surface area contributed by atoms with Gasteiger partial charge in [-0.1, -0.05) is 46.8 Å². The van der Waals surface area contributed by atoms with Crippen LogP contribution in [0.3, 0.4) is 0 Å². The van der Waals surface area contributed by atoms with Crippen LogP contribution in [0.1, 0.15) is 75.8 Å². The van der Waals surface area contributed by atoms with Crippen LogP contribution in [0.4, 0.5) is 13.2 Å². The Bertz CT molecular complexity index is 694. The van der Waals surface area contributed by atoms with Crippen molar-refractivity contribution in [3.8, 4) is 0 Å². The number of hydrogen-bond acceptors (Lipinski definition) is 2. The number of nitrogens with zero attached hydrogens (tertiary/aromatic N) is 1. The third-order valence-corrected chi connectivity index (χ3v) is 5.34. The van der Waals surface area contributed by atoms with Gasteiger partial charge < -0.3 is 5.43 Å². The van der Waals surface area contributed by atoms with Gasteiger partial charge in [-0.2, -0.15) is 18.3 Å². The molecule has 0 radical (unpaired) electrons. The molecule has 1 aromatic rings. The Morgan fingerprint density at radius 2 is 1.83 bits per heavy atom. The van der Waals surface area contributed by atoms with Crippen LogP contribution in [-0.4, -0.2) is 11.9 Å². The third kappa shape index (κ3) is 2.93. The molecule has 0 saturated carbocycles. The summed E-state index contributed by atoms with van der Waals surface area (Å²) < 4.78 is 38.8. The molecule has 1 atom stereocenters. The van der Waals surface area contributed by atoms with Crippen molar-refractivity contribution in [3.63, 3.8) is 0 Å². The second kappa shape index (κ2) is 5.24. The lowest BCUT2D eigenvalue weighted by molar-refractivity contribution is -0.0600. The highest BCUT2D eigenvalue weighted by atomic mass is 19.4. The van der Waals surface area contributed by atoms with Crippen molar-refractivity contribution < 1.29 is 13.2 Å². The first-order valence-electron chi connectivity index (χ1n) is 8.47. The third-order valence-electron chi connectivity index (χ3n) is 5.34. The van der Waals surface area contributed by atoms with Gasteiger partial charge >= 0.3 is 6.18 Å². The number of nitrogens with one attached hydrogen (secondary N) is 1. The zero-order valence-electron chi connectivity index (χ0n) is 14.9. The Labute approximate surface area is 141 Å². The van der Waals surface area contributed by atoms with E-state index in [4.69, 9.17) is 0 Å². The number of halogens is 3. The van der Waals surface area contributed by atoms with E-state index in [2.05, 4.69) is 57.3 Å². The second-order valence-electron chi connectivity index (χ2n) is 8.67. The molecule has 0 fully saturated rings. The molecule has 132 valence electrons. The molecule has 5 heteroatoms. The lowest BCUT2D eigenvalue weighted by Gasteiger charge is -2.27. The summed E-state index contributed by atoms with van der Waals surface area (Å²) >= 11 is 0. The summed E-state index contributed by atoms with van der Waals surface area (Å²) in [5.74, 6) is 0.